The van der Waals surface area contributed by atoms with Crippen molar-refractivity contribution in [2.24, 2.45) is 9.98 Å². The molecule has 1 aromatic carbocycles. The molecule has 3 rings (SSSR count). The molecule has 2 fully saturated rings. The van der Waals surface area contributed by atoms with E-state index in [0.717, 1.165) is 24.6 Å². The summed E-state index contributed by atoms with van der Waals surface area (Å²) in [5.74, 6) is 1.76. The van der Waals surface area contributed by atoms with Gasteiger partial charge in [-0.2, -0.15) is 0 Å². The van der Waals surface area contributed by atoms with Gasteiger partial charge < -0.3 is 4.74 Å². The van der Waals surface area contributed by atoms with Crippen LogP contribution in [-0.4, -0.2) is 25.2 Å². The van der Waals surface area contributed by atoms with Crippen molar-refractivity contribution >= 4 is 6.01 Å². The molecule has 0 bridgehead atoms. The summed E-state index contributed by atoms with van der Waals surface area (Å²) in [6.45, 7) is 1.45. The van der Waals surface area contributed by atoms with Crippen LogP contribution in [0.1, 0.15) is 69.3 Å². The quantitative estimate of drug-likeness (QED) is 0.501. The normalized spacial score (nSPS) is 18.8. The maximum atomic E-state index is 5.77. The molecule has 0 spiro atoms. The maximum Gasteiger partial charge on any atom is 0.119 e. The van der Waals surface area contributed by atoms with Gasteiger partial charge in [0.2, 0.25) is 0 Å². The van der Waals surface area contributed by atoms with Crippen molar-refractivity contribution in [3.63, 3.8) is 0 Å². The number of aliphatic imine (C=N–C) groups is 2. The first-order valence-corrected chi connectivity index (χ1v) is 9.26. The number of hydrogen-bond acceptors (Lipinski definition) is 3. The second kappa shape index (κ2) is 8.88. The fraction of sp³-hybridized carbons (Fsp3) is 0.650. The standard InChI is InChI=1S/C20H28N2O/c1-2-8-19(9-3-1)22-16-21-14-5-15-23-20-12-10-18(11-13-20)17-6-4-7-17/h10-13,17,19H,1-9,14-15H2. The van der Waals surface area contributed by atoms with Crippen LogP contribution in [0.5, 0.6) is 5.75 Å². The highest BCUT2D eigenvalue weighted by atomic mass is 16.5. The Bertz CT molecular complexity index is 521. The van der Waals surface area contributed by atoms with E-state index in [4.69, 9.17) is 4.74 Å². The molecular weight excluding hydrogens is 284 g/mol. The first kappa shape index (κ1) is 16.3. The Morgan fingerprint density at radius 1 is 0.957 bits per heavy atom. The molecule has 124 valence electrons. The van der Waals surface area contributed by atoms with E-state index >= 15 is 0 Å². The number of rotatable bonds is 7. The molecule has 2 saturated carbocycles. The first-order valence-electron chi connectivity index (χ1n) is 9.26. The molecule has 3 nitrogen and oxygen atoms in total. The zero-order valence-electron chi connectivity index (χ0n) is 14.0. The van der Waals surface area contributed by atoms with E-state index in [0.29, 0.717) is 12.6 Å². The van der Waals surface area contributed by atoms with Gasteiger partial charge in [-0.3, -0.25) is 0 Å². The Kier molecular flexibility index (Phi) is 6.28. The van der Waals surface area contributed by atoms with Crippen LogP contribution in [0, 0.1) is 0 Å². The molecule has 0 amide bonds. The van der Waals surface area contributed by atoms with Gasteiger partial charge in [0, 0.05) is 6.42 Å². The van der Waals surface area contributed by atoms with Crippen LogP contribution < -0.4 is 4.74 Å². The average Bonchev–Trinajstić information content (AvgIpc) is 2.55. The molecule has 0 aliphatic heterocycles. The highest BCUT2D eigenvalue weighted by Crippen LogP contribution is 2.36. The van der Waals surface area contributed by atoms with E-state index in [1.165, 1.54) is 56.9 Å². The van der Waals surface area contributed by atoms with Gasteiger partial charge in [0.15, 0.2) is 0 Å². The molecule has 3 heteroatoms. The van der Waals surface area contributed by atoms with E-state index in [-0.39, 0.29) is 0 Å². The lowest BCUT2D eigenvalue weighted by atomic mass is 9.80. The summed E-state index contributed by atoms with van der Waals surface area (Å²) < 4.78 is 5.77. The lowest BCUT2D eigenvalue weighted by molar-refractivity contribution is 0.313. The summed E-state index contributed by atoms with van der Waals surface area (Å²) in [4.78, 5) is 8.68. The lowest BCUT2D eigenvalue weighted by Gasteiger charge is -2.25. The Hall–Kier alpha value is -1.60. The summed E-state index contributed by atoms with van der Waals surface area (Å²) in [5.41, 5.74) is 1.46. The molecule has 0 unspecified atom stereocenters. The Labute approximate surface area is 139 Å². The van der Waals surface area contributed by atoms with Crippen molar-refractivity contribution in [3.05, 3.63) is 29.8 Å². The minimum absolute atomic E-state index is 0.470. The number of nitrogens with zero attached hydrogens (tertiary/aromatic N) is 2. The molecule has 23 heavy (non-hydrogen) atoms. The molecule has 0 heterocycles. The topological polar surface area (TPSA) is 34.0 Å². The molecule has 1 aromatic rings. The van der Waals surface area contributed by atoms with E-state index < -0.39 is 0 Å². The maximum absolute atomic E-state index is 5.77. The highest BCUT2D eigenvalue weighted by Gasteiger charge is 2.18. The van der Waals surface area contributed by atoms with Crippen molar-refractivity contribution in [2.75, 3.05) is 13.2 Å². The van der Waals surface area contributed by atoms with Crippen LogP contribution in [0.3, 0.4) is 0 Å². The predicted molar refractivity (Wildman–Crippen MR) is 94.7 cm³/mol. The van der Waals surface area contributed by atoms with Gasteiger partial charge in [0.25, 0.3) is 0 Å². The third-order valence-corrected chi connectivity index (χ3v) is 5.03. The summed E-state index contributed by atoms with van der Waals surface area (Å²) >= 11 is 0. The van der Waals surface area contributed by atoms with E-state index in [1.807, 2.05) is 0 Å². The van der Waals surface area contributed by atoms with Gasteiger partial charge in [-0.05, 0) is 49.3 Å². The molecular formula is C20H28N2O. The number of benzene rings is 1. The Balaban J connectivity index is 1.30. The third-order valence-electron chi connectivity index (χ3n) is 5.03. The summed E-state index contributed by atoms with van der Waals surface area (Å²) in [6.07, 6.45) is 11.4. The van der Waals surface area contributed by atoms with Gasteiger partial charge >= 0.3 is 0 Å². The van der Waals surface area contributed by atoms with Crippen LogP contribution in [0.15, 0.2) is 34.3 Å². The van der Waals surface area contributed by atoms with Crippen LogP contribution >= 0.6 is 0 Å². The summed E-state index contributed by atoms with van der Waals surface area (Å²) in [7, 11) is 0. The van der Waals surface area contributed by atoms with Gasteiger partial charge in [0.1, 0.15) is 5.75 Å². The van der Waals surface area contributed by atoms with Gasteiger partial charge in [-0.25, -0.2) is 9.98 Å². The number of hydrogen-bond donors (Lipinski definition) is 0. The average molecular weight is 312 g/mol. The minimum atomic E-state index is 0.470. The van der Waals surface area contributed by atoms with Crippen molar-refractivity contribution in [1.29, 1.82) is 0 Å². The molecule has 0 N–H and O–H groups in total. The Morgan fingerprint density at radius 3 is 2.43 bits per heavy atom. The largest absolute Gasteiger partial charge is 0.494 e. The minimum Gasteiger partial charge on any atom is -0.494 e. The molecule has 0 aromatic heterocycles. The highest BCUT2D eigenvalue weighted by molar-refractivity contribution is 5.41. The lowest BCUT2D eigenvalue weighted by Crippen LogP contribution is -2.08. The monoisotopic (exact) mass is 312 g/mol. The van der Waals surface area contributed by atoms with Gasteiger partial charge in [-0.15, -0.1) is 0 Å². The van der Waals surface area contributed by atoms with E-state index in [1.54, 1.807) is 0 Å². The molecule has 0 radical (unpaired) electrons. The second-order valence-corrected chi connectivity index (χ2v) is 6.80. The molecule has 2 aliphatic carbocycles. The van der Waals surface area contributed by atoms with Crippen LogP contribution in [0.4, 0.5) is 0 Å². The van der Waals surface area contributed by atoms with E-state index in [9.17, 15) is 0 Å². The SMILES string of the molecule is C(=NCCCOc1ccc(C2CCC2)cc1)=NC1CCCCC1. The zero-order chi connectivity index (χ0) is 15.7. The molecule has 0 saturated heterocycles. The second-order valence-electron chi connectivity index (χ2n) is 6.80. The third kappa shape index (κ3) is 5.21. The first-order chi connectivity index (χ1) is 11.4. The predicted octanol–water partition coefficient (Wildman–Crippen LogP) is 5.23. The fourth-order valence-corrected chi connectivity index (χ4v) is 3.29. The van der Waals surface area contributed by atoms with Crippen molar-refractivity contribution in [1.82, 2.24) is 0 Å². The van der Waals surface area contributed by atoms with Crippen molar-refractivity contribution in [2.45, 2.75) is 69.7 Å². The summed E-state index contributed by atoms with van der Waals surface area (Å²) in [6, 6.07) is 12.0. The smallest absolute Gasteiger partial charge is 0.119 e. The van der Waals surface area contributed by atoms with Crippen LogP contribution in [-0.2, 0) is 0 Å². The molecule has 2 aliphatic rings. The van der Waals surface area contributed by atoms with E-state index in [2.05, 4.69) is 40.3 Å². The van der Waals surface area contributed by atoms with Gasteiger partial charge in [0.05, 0.1) is 25.2 Å². The van der Waals surface area contributed by atoms with Crippen LogP contribution in [0.2, 0.25) is 0 Å². The van der Waals surface area contributed by atoms with Gasteiger partial charge in [-0.1, -0.05) is 37.8 Å². The summed E-state index contributed by atoms with van der Waals surface area (Å²) in [5, 5.41) is 0. The number of ether oxygens (including phenoxy) is 1. The van der Waals surface area contributed by atoms with Crippen LogP contribution in [0.25, 0.3) is 0 Å². The van der Waals surface area contributed by atoms with Crippen molar-refractivity contribution < 1.29 is 4.74 Å². The Morgan fingerprint density at radius 2 is 1.74 bits per heavy atom. The van der Waals surface area contributed by atoms with Crippen molar-refractivity contribution in [3.8, 4) is 5.75 Å². The molecule has 0 atom stereocenters. The fourth-order valence-electron chi connectivity index (χ4n) is 3.29. The zero-order valence-corrected chi connectivity index (χ0v) is 14.0.